The topological polar surface area (TPSA) is 169 Å². The maximum Gasteiger partial charge on any atom is 0.362 e. The van der Waals surface area contributed by atoms with Gasteiger partial charge in [-0.3, -0.25) is 14.7 Å². The van der Waals surface area contributed by atoms with Gasteiger partial charge < -0.3 is 9.84 Å². The molecule has 0 fully saturated rings. The SMILES string of the molecule is CCOC(=O)/C(N=Nc1ccc(S(=O)(=O)O)cc1)=C(\O)c1ccc([N+](=O)[O-])cc1. The van der Waals surface area contributed by atoms with Crippen LogP contribution in [0.15, 0.2) is 69.4 Å². The lowest BCUT2D eigenvalue weighted by molar-refractivity contribution is -0.384. The number of aliphatic hydroxyl groups excluding tert-OH is 1. The summed E-state index contributed by atoms with van der Waals surface area (Å²) in [6, 6.07) is 9.32. The Kier molecular flexibility index (Phi) is 6.75. The van der Waals surface area contributed by atoms with Crippen LogP contribution in [-0.2, 0) is 19.6 Å². The van der Waals surface area contributed by atoms with Crippen molar-refractivity contribution in [3.05, 3.63) is 69.9 Å². The quantitative estimate of drug-likeness (QED) is 0.130. The molecule has 0 saturated carbocycles. The Hall–Kier alpha value is -3.64. The van der Waals surface area contributed by atoms with Gasteiger partial charge in [-0.2, -0.15) is 13.5 Å². The number of nitro benzene ring substituents is 1. The van der Waals surface area contributed by atoms with E-state index in [0.717, 1.165) is 24.3 Å². The molecule has 0 spiro atoms. The smallest absolute Gasteiger partial charge is 0.362 e. The average Bonchev–Trinajstić information content (AvgIpc) is 2.68. The van der Waals surface area contributed by atoms with E-state index in [1.807, 2.05) is 0 Å². The fourth-order valence-electron chi connectivity index (χ4n) is 2.05. The molecule has 2 aromatic rings. The van der Waals surface area contributed by atoms with E-state index in [1.165, 1.54) is 24.3 Å². The molecule has 0 saturated heterocycles. The van der Waals surface area contributed by atoms with Gasteiger partial charge in [-0.15, -0.1) is 5.11 Å². The van der Waals surface area contributed by atoms with Crippen LogP contribution in [0, 0.1) is 10.1 Å². The molecule has 29 heavy (non-hydrogen) atoms. The van der Waals surface area contributed by atoms with Crippen LogP contribution in [0.4, 0.5) is 11.4 Å². The van der Waals surface area contributed by atoms with Crippen molar-refractivity contribution in [3.63, 3.8) is 0 Å². The summed E-state index contributed by atoms with van der Waals surface area (Å²) in [7, 11) is -4.37. The first kappa shape index (κ1) is 21.7. The molecule has 0 aliphatic heterocycles. The van der Waals surface area contributed by atoms with Crippen molar-refractivity contribution in [3.8, 4) is 0 Å². The molecule has 0 aliphatic carbocycles. The number of carbonyl (C=O) groups excluding carboxylic acids is 1. The molecular weight excluding hydrogens is 406 g/mol. The van der Waals surface area contributed by atoms with Crippen molar-refractivity contribution in [1.82, 2.24) is 0 Å². The number of benzene rings is 2. The van der Waals surface area contributed by atoms with Crippen LogP contribution in [-0.4, -0.2) is 35.6 Å². The van der Waals surface area contributed by atoms with E-state index < -0.39 is 32.5 Å². The molecule has 2 rings (SSSR count). The Morgan fingerprint density at radius 2 is 1.72 bits per heavy atom. The minimum absolute atomic E-state index is 0.00550. The molecular formula is C17H15N3O8S. The van der Waals surface area contributed by atoms with Crippen LogP contribution in [0.1, 0.15) is 12.5 Å². The van der Waals surface area contributed by atoms with Gasteiger partial charge in [0.1, 0.15) is 0 Å². The molecule has 0 amide bonds. The lowest BCUT2D eigenvalue weighted by Crippen LogP contribution is -2.08. The van der Waals surface area contributed by atoms with Crippen LogP contribution >= 0.6 is 0 Å². The molecule has 152 valence electrons. The highest BCUT2D eigenvalue weighted by molar-refractivity contribution is 7.85. The predicted molar refractivity (Wildman–Crippen MR) is 100 cm³/mol. The maximum atomic E-state index is 12.1. The first-order valence-corrected chi connectivity index (χ1v) is 9.42. The van der Waals surface area contributed by atoms with Gasteiger partial charge in [0.05, 0.1) is 22.1 Å². The van der Waals surface area contributed by atoms with Gasteiger partial charge in [-0.05, 0) is 43.3 Å². The van der Waals surface area contributed by atoms with E-state index >= 15 is 0 Å². The van der Waals surface area contributed by atoms with Crippen molar-refractivity contribution in [1.29, 1.82) is 0 Å². The third-order valence-corrected chi connectivity index (χ3v) is 4.31. The number of non-ortho nitro benzene ring substituents is 1. The monoisotopic (exact) mass is 421 g/mol. The summed E-state index contributed by atoms with van der Waals surface area (Å²) < 4.78 is 35.9. The second-order valence-corrected chi connectivity index (χ2v) is 6.81. The predicted octanol–water partition coefficient (Wildman–Crippen LogP) is 3.42. The van der Waals surface area contributed by atoms with Crippen molar-refractivity contribution >= 4 is 33.2 Å². The number of esters is 1. The van der Waals surface area contributed by atoms with Gasteiger partial charge in [-0.25, -0.2) is 4.79 Å². The molecule has 2 N–H and O–H groups in total. The third-order valence-electron chi connectivity index (χ3n) is 3.44. The second kappa shape index (κ2) is 9.03. The number of ether oxygens (including phenoxy) is 1. The van der Waals surface area contributed by atoms with Crippen molar-refractivity contribution in [2.75, 3.05) is 6.61 Å². The van der Waals surface area contributed by atoms with Crippen molar-refractivity contribution in [2.45, 2.75) is 11.8 Å². The Labute approximate surface area is 164 Å². The zero-order valence-electron chi connectivity index (χ0n) is 14.9. The minimum Gasteiger partial charge on any atom is -0.505 e. The molecule has 12 heteroatoms. The third kappa shape index (κ3) is 5.67. The Bertz CT molecular complexity index is 1070. The van der Waals surface area contributed by atoms with Crippen LogP contribution in [0.3, 0.4) is 0 Å². The standard InChI is InChI=1S/C17H15N3O8S/c1-2-28-17(22)15(16(21)11-3-7-13(8-4-11)20(23)24)19-18-12-5-9-14(10-6-12)29(25,26)27/h3-10,21H,2H2,1H3,(H,25,26,27)/b16-15+,19-18?. The number of hydrogen-bond acceptors (Lipinski definition) is 9. The van der Waals surface area contributed by atoms with Crippen LogP contribution in [0.2, 0.25) is 0 Å². The second-order valence-electron chi connectivity index (χ2n) is 5.39. The lowest BCUT2D eigenvalue weighted by Gasteiger charge is -2.06. The number of carbonyl (C=O) groups is 1. The van der Waals surface area contributed by atoms with Gasteiger partial charge in [0.25, 0.3) is 15.8 Å². The van der Waals surface area contributed by atoms with Gasteiger partial charge >= 0.3 is 5.97 Å². The number of hydrogen-bond donors (Lipinski definition) is 2. The van der Waals surface area contributed by atoms with Gasteiger partial charge in [0.15, 0.2) is 5.76 Å². The Morgan fingerprint density at radius 1 is 1.14 bits per heavy atom. The van der Waals surface area contributed by atoms with Crippen LogP contribution in [0.5, 0.6) is 0 Å². The molecule has 11 nitrogen and oxygen atoms in total. The van der Waals surface area contributed by atoms with E-state index in [1.54, 1.807) is 6.92 Å². The number of aliphatic hydroxyl groups is 1. The number of nitro groups is 1. The summed E-state index contributed by atoms with van der Waals surface area (Å²) in [5.41, 5.74) is -0.575. The zero-order valence-corrected chi connectivity index (χ0v) is 15.7. The fraction of sp³-hybridized carbons (Fsp3) is 0.118. The highest BCUT2D eigenvalue weighted by atomic mass is 32.2. The van der Waals surface area contributed by atoms with E-state index in [4.69, 9.17) is 9.29 Å². The molecule has 0 unspecified atom stereocenters. The van der Waals surface area contributed by atoms with Gasteiger partial charge in [0.2, 0.25) is 5.70 Å². The minimum atomic E-state index is -4.37. The molecule has 0 bridgehead atoms. The summed E-state index contributed by atoms with van der Waals surface area (Å²) in [5.74, 6) is -1.60. The normalized spacial score (nSPS) is 12.5. The first-order valence-electron chi connectivity index (χ1n) is 7.98. The number of nitrogens with zero attached hydrogens (tertiary/aromatic N) is 3. The number of rotatable bonds is 7. The maximum absolute atomic E-state index is 12.1. The zero-order chi connectivity index (χ0) is 21.6. The Balaban J connectivity index is 2.41. The van der Waals surface area contributed by atoms with Crippen LogP contribution in [0.25, 0.3) is 5.76 Å². The van der Waals surface area contributed by atoms with Gasteiger partial charge in [-0.1, -0.05) is 0 Å². The fourth-order valence-corrected chi connectivity index (χ4v) is 2.53. The summed E-state index contributed by atoms with van der Waals surface area (Å²) >= 11 is 0. The summed E-state index contributed by atoms with van der Waals surface area (Å²) in [5, 5.41) is 28.5. The molecule has 0 aliphatic rings. The summed E-state index contributed by atoms with van der Waals surface area (Å²) in [6.45, 7) is 1.54. The summed E-state index contributed by atoms with van der Waals surface area (Å²) in [6.07, 6.45) is 0. The van der Waals surface area contributed by atoms with E-state index in [2.05, 4.69) is 10.2 Å². The highest BCUT2D eigenvalue weighted by Crippen LogP contribution is 2.23. The highest BCUT2D eigenvalue weighted by Gasteiger charge is 2.19. The molecule has 0 atom stereocenters. The van der Waals surface area contributed by atoms with E-state index in [9.17, 15) is 28.4 Å². The van der Waals surface area contributed by atoms with Gasteiger partial charge in [0, 0.05) is 17.7 Å². The lowest BCUT2D eigenvalue weighted by atomic mass is 10.1. The van der Waals surface area contributed by atoms with E-state index in [-0.39, 0.29) is 28.4 Å². The molecule has 0 heterocycles. The molecule has 2 aromatic carbocycles. The Morgan fingerprint density at radius 3 is 2.21 bits per heavy atom. The largest absolute Gasteiger partial charge is 0.505 e. The van der Waals surface area contributed by atoms with Crippen molar-refractivity contribution < 1.29 is 32.5 Å². The van der Waals surface area contributed by atoms with Crippen molar-refractivity contribution in [2.24, 2.45) is 10.2 Å². The molecule has 0 aromatic heterocycles. The molecule has 0 radical (unpaired) electrons. The number of azo groups is 1. The van der Waals surface area contributed by atoms with Crippen LogP contribution < -0.4 is 0 Å². The first-order chi connectivity index (χ1) is 13.6. The summed E-state index contributed by atoms with van der Waals surface area (Å²) in [4.78, 5) is 21.9. The van der Waals surface area contributed by atoms with E-state index in [0.29, 0.717) is 0 Å². The average molecular weight is 421 g/mol.